The van der Waals surface area contributed by atoms with Crippen molar-refractivity contribution < 1.29 is 0 Å². The van der Waals surface area contributed by atoms with Crippen LogP contribution in [0.15, 0.2) is 11.1 Å². The van der Waals surface area contributed by atoms with E-state index in [-0.39, 0.29) is 6.15 Å². The lowest BCUT2D eigenvalue weighted by Gasteiger charge is -2.21. The third-order valence-electron chi connectivity index (χ3n) is 7.50. The second kappa shape index (κ2) is 20.3. The summed E-state index contributed by atoms with van der Waals surface area (Å²) in [5.41, 5.74) is 4.17. The van der Waals surface area contributed by atoms with Gasteiger partial charge in [0.05, 0.1) is 0 Å². The van der Waals surface area contributed by atoms with E-state index in [0.717, 1.165) is 0 Å². The highest BCUT2D eigenvalue weighted by atomic mass is 14.4. The molecule has 0 aromatic rings. The zero-order chi connectivity index (χ0) is 21.9. The van der Waals surface area contributed by atoms with Gasteiger partial charge in [0.15, 0.2) is 0 Å². The molecule has 0 aliphatic heterocycles. The minimum absolute atomic E-state index is 0. The molecule has 0 aromatic heterocycles. The molecule has 0 bridgehead atoms. The van der Waals surface area contributed by atoms with Crippen molar-refractivity contribution in [2.75, 3.05) is 0 Å². The molecular weight excluding hydrogens is 374 g/mol. The van der Waals surface area contributed by atoms with Crippen LogP contribution < -0.4 is 6.15 Å². The summed E-state index contributed by atoms with van der Waals surface area (Å²) >= 11 is 0. The van der Waals surface area contributed by atoms with Crippen LogP contribution in [0, 0.1) is 5.41 Å². The summed E-state index contributed by atoms with van der Waals surface area (Å²) in [4.78, 5) is 0. The quantitative estimate of drug-likeness (QED) is 0.126. The van der Waals surface area contributed by atoms with Gasteiger partial charge in [-0.1, -0.05) is 161 Å². The maximum absolute atomic E-state index is 2.51. The Labute approximate surface area is 198 Å². The molecule has 0 radical (unpaired) electrons. The van der Waals surface area contributed by atoms with E-state index in [1.807, 2.05) is 11.1 Å². The normalized spacial score (nSPS) is 13.5. The molecule has 0 atom stereocenters. The highest BCUT2D eigenvalue weighted by molar-refractivity contribution is 5.39. The Morgan fingerprint density at radius 3 is 1.29 bits per heavy atom. The number of hydrogen-bond donors (Lipinski definition) is 1. The molecule has 0 unspecified atom stereocenters. The minimum atomic E-state index is 0. The summed E-state index contributed by atoms with van der Waals surface area (Å²) in [6, 6.07) is 0. The lowest BCUT2D eigenvalue weighted by atomic mass is 9.83. The van der Waals surface area contributed by atoms with Crippen molar-refractivity contribution in [3.8, 4) is 0 Å². The van der Waals surface area contributed by atoms with Crippen LogP contribution in [0.4, 0.5) is 0 Å². The van der Waals surface area contributed by atoms with Gasteiger partial charge in [-0.2, -0.15) is 0 Å². The minimum Gasteiger partial charge on any atom is -0.344 e. The van der Waals surface area contributed by atoms with Crippen molar-refractivity contribution in [1.29, 1.82) is 0 Å². The number of rotatable bonds is 23. The Hall–Kier alpha value is -0.300. The first-order valence-corrected chi connectivity index (χ1v) is 14.3. The molecule has 1 aliphatic rings. The van der Waals surface area contributed by atoms with Gasteiger partial charge in [0.25, 0.3) is 0 Å². The molecule has 186 valence electrons. The zero-order valence-corrected chi connectivity index (χ0v) is 22.5. The number of unbranched alkanes of at least 4 members (excludes halogenated alkanes) is 18. The molecule has 0 saturated heterocycles. The van der Waals surface area contributed by atoms with Crippen LogP contribution in [0.2, 0.25) is 0 Å². The summed E-state index contributed by atoms with van der Waals surface area (Å²) in [6.07, 6.45) is 33.3. The molecule has 1 nitrogen and oxygen atoms in total. The zero-order valence-electron chi connectivity index (χ0n) is 22.5. The van der Waals surface area contributed by atoms with E-state index in [1.54, 1.807) is 0 Å². The summed E-state index contributed by atoms with van der Waals surface area (Å²) in [5, 5.41) is 0. The van der Waals surface area contributed by atoms with E-state index in [4.69, 9.17) is 0 Å². The average molecular weight is 436 g/mol. The maximum Gasteiger partial charge on any atom is -0.00973 e. The fourth-order valence-corrected chi connectivity index (χ4v) is 5.16. The average Bonchev–Trinajstić information content (AvgIpc) is 3.51. The highest BCUT2D eigenvalue weighted by Crippen LogP contribution is 2.49. The summed E-state index contributed by atoms with van der Waals surface area (Å²) in [7, 11) is 0. The molecule has 1 heteroatoms. The van der Waals surface area contributed by atoms with Crippen molar-refractivity contribution in [2.24, 2.45) is 5.41 Å². The number of hydrogen-bond acceptors (Lipinski definition) is 1. The Kier molecular flexibility index (Phi) is 20.1. The maximum atomic E-state index is 2.51. The lowest BCUT2D eigenvalue weighted by molar-refractivity contribution is 0.391. The second-order valence-corrected chi connectivity index (χ2v) is 11.0. The van der Waals surface area contributed by atoms with Crippen LogP contribution in [-0.2, 0) is 0 Å². The van der Waals surface area contributed by atoms with Gasteiger partial charge < -0.3 is 6.15 Å². The van der Waals surface area contributed by atoms with Gasteiger partial charge in [0, 0.05) is 0 Å². The Morgan fingerprint density at radius 1 is 0.516 bits per heavy atom. The largest absolute Gasteiger partial charge is 0.344 e. The molecule has 3 N–H and O–H groups in total. The first-order valence-electron chi connectivity index (χ1n) is 14.3. The Balaban J connectivity index is 0.00000900. The molecule has 1 aliphatic carbocycles. The fourth-order valence-electron chi connectivity index (χ4n) is 5.16. The molecule has 0 saturated carbocycles. The molecule has 0 spiro atoms. The van der Waals surface area contributed by atoms with Gasteiger partial charge in [0.2, 0.25) is 0 Å². The van der Waals surface area contributed by atoms with Gasteiger partial charge in [0.1, 0.15) is 0 Å². The number of allylic oxidation sites excluding steroid dienone is 2. The summed E-state index contributed by atoms with van der Waals surface area (Å²) in [6.45, 7) is 9.64. The lowest BCUT2D eigenvalue weighted by Crippen LogP contribution is -2.09. The highest BCUT2D eigenvalue weighted by Gasteiger charge is 2.33. The predicted molar refractivity (Wildman–Crippen MR) is 143 cm³/mol. The van der Waals surface area contributed by atoms with Crippen molar-refractivity contribution >= 4 is 0 Å². The second-order valence-electron chi connectivity index (χ2n) is 11.0. The van der Waals surface area contributed by atoms with Gasteiger partial charge in [-0.3, -0.25) is 0 Å². The van der Waals surface area contributed by atoms with E-state index < -0.39 is 0 Å². The third-order valence-corrected chi connectivity index (χ3v) is 7.50. The summed E-state index contributed by atoms with van der Waals surface area (Å²) in [5.74, 6) is 0. The smallest absolute Gasteiger partial charge is 0.00973 e. The Morgan fingerprint density at radius 2 is 0.871 bits per heavy atom. The van der Waals surface area contributed by atoms with Crippen LogP contribution in [0.25, 0.3) is 0 Å². The Bertz CT molecular complexity index is 420. The van der Waals surface area contributed by atoms with E-state index in [1.165, 1.54) is 148 Å². The molecule has 0 fully saturated rings. The molecule has 31 heavy (non-hydrogen) atoms. The standard InChI is InChI=1S/C30H58.H3N/c1-5-7-9-11-13-14-15-16-17-18-19-20-22-24-26-30(3,4)29-27-28(29)25-23-21-12-10-8-6-2;/h5-27H2,1-4H3;1H3. The van der Waals surface area contributed by atoms with Crippen molar-refractivity contribution in [2.45, 2.75) is 175 Å². The van der Waals surface area contributed by atoms with Gasteiger partial charge in [-0.15, -0.1) is 0 Å². The van der Waals surface area contributed by atoms with Crippen LogP contribution in [0.3, 0.4) is 0 Å². The molecule has 0 aromatic carbocycles. The van der Waals surface area contributed by atoms with E-state index in [9.17, 15) is 0 Å². The van der Waals surface area contributed by atoms with Crippen molar-refractivity contribution in [1.82, 2.24) is 6.15 Å². The fraction of sp³-hybridized carbons (Fsp3) is 0.933. The monoisotopic (exact) mass is 435 g/mol. The van der Waals surface area contributed by atoms with E-state index in [0.29, 0.717) is 5.41 Å². The van der Waals surface area contributed by atoms with Crippen LogP contribution in [-0.4, -0.2) is 0 Å². The van der Waals surface area contributed by atoms with Crippen molar-refractivity contribution in [3.63, 3.8) is 0 Å². The molecule has 0 amide bonds. The van der Waals surface area contributed by atoms with Crippen molar-refractivity contribution in [3.05, 3.63) is 11.1 Å². The van der Waals surface area contributed by atoms with Crippen LogP contribution in [0.5, 0.6) is 0 Å². The molecule has 0 heterocycles. The van der Waals surface area contributed by atoms with Crippen LogP contribution >= 0.6 is 0 Å². The first-order chi connectivity index (χ1) is 14.6. The van der Waals surface area contributed by atoms with Gasteiger partial charge in [-0.05, 0) is 31.1 Å². The van der Waals surface area contributed by atoms with Crippen LogP contribution in [0.1, 0.15) is 175 Å². The van der Waals surface area contributed by atoms with E-state index in [2.05, 4.69) is 27.7 Å². The predicted octanol–water partition coefficient (Wildman–Crippen LogP) is 11.5. The van der Waals surface area contributed by atoms with Gasteiger partial charge >= 0.3 is 0 Å². The first kappa shape index (κ1) is 30.7. The summed E-state index contributed by atoms with van der Waals surface area (Å²) < 4.78 is 0. The third kappa shape index (κ3) is 16.9. The van der Waals surface area contributed by atoms with E-state index >= 15 is 0 Å². The molecular formula is C30H61N. The van der Waals surface area contributed by atoms with Gasteiger partial charge in [-0.25, -0.2) is 0 Å². The SMILES string of the molecule is CCCCCCCCCCCCCCCCC(C)(C)C1=C(CCCCCCCC)C1.N. The topological polar surface area (TPSA) is 35.0 Å². The molecule has 1 rings (SSSR count).